The highest BCUT2D eigenvalue weighted by atomic mass is 15.2. The molecule has 1 aliphatic rings. The Balaban J connectivity index is 2.09. The molecule has 118 valence electrons. The fourth-order valence-electron chi connectivity index (χ4n) is 3.46. The number of nitrogens with zero attached hydrogens (tertiary/aromatic N) is 1. The second-order valence-electron chi connectivity index (χ2n) is 6.51. The van der Waals surface area contributed by atoms with Crippen LogP contribution in [0.2, 0.25) is 0 Å². The van der Waals surface area contributed by atoms with Crippen LogP contribution in [0.15, 0.2) is 24.3 Å². The van der Waals surface area contributed by atoms with Crippen LogP contribution in [0.25, 0.3) is 0 Å². The molecule has 0 saturated carbocycles. The molecule has 1 N–H and O–H groups in total. The third-order valence-electron chi connectivity index (χ3n) is 5.38. The maximum atomic E-state index is 3.83. The molecule has 0 radical (unpaired) electrons. The van der Waals surface area contributed by atoms with E-state index >= 15 is 0 Å². The van der Waals surface area contributed by atoms with Gasteiger partial charge in [0.05, 0.1) is 0 Å². The molecule has 1 fully saturated rings. The summed E-state index contributed by atoms with van der Waals surface area (Å²) in [5.41, 5.74) is 3.20. The van der Waals surface area contributed by atoms with E-state index < -0.39 is 0 Å². The van der Waals surface area contributed by atoms with E-state index in [1.807, 2.05) is 0 Å². The Morgan fingerprint density at radius 1 is 1.05 bits per heavy atom. The van der Waals surface area contributed by atoms with Crippen LogP contribution in [0.4, 0.5) is 0 Å². The molecule has 1 aromatic rings. The number of rotatable bonds is 6. The molecule has 1 aromatic carbocycles. The maximum absolute atomic E-state index is 3.83. The Morgan fingerprint density at radius 2 is 1.67 bits per heavy atom. The first-order valence-corrected chi connectivity index (χ1v) is 8.73. The summed E-state index contributed by atoms with van der Waals surface area (Å²) in [6, 6.07) is 9.86. The molecule has 21 heavy (non-hydrogen) atoms. The summed E-state index contributed by atoms with van der Waals surface area (Å²) in [5.74, 6) is 0. The molecule has 1 unspecified atom stereocenters. The van der Waals surface area contributed by atoms with Crippen molar-refractivity contribution < 1.29 is 0 Å². The van der Waals surface area contributed by atoms with Crippen LogP contribution >= 0.6 is 0 Å². The lowest BCUT2D eigenvalue weighted by Crippen LogP contribution is -2.63. The van der Waals surface area contributed by atoms with Crippen molar-refractivity contribution in [3.05, 3.63) is 35.4 Å². The van der Waals surface area contributed by atoms with Gasteiger partial charge in [-0.2, -0.15) is 0 Å². The molecule has 1 saturated heterocycles. The van der Waals surface area contributed by atoms with Crippen LogP contribution in [0, 0.1) is 0 Å². The van der Waals surface area contributed by atoms with Crippen LogP contribution in [0.3, 0.4) is 0 Å². The van der Waals surface area contributed by atoms with Gasteiger partial charge in [-0.05, 0) is 36.8 Å². The number of aryl methyl sites for hydroxylation is 1. The van der Waals surface area contributed by atoms with Crippen molar-refractivity contribution in [2.75, 3.05) is 13.1 Å². The fraction of sp³-hybridized carbons (Fsp3) is 0.684. The van der Waals surface area contributed by atoms with Gasteiger partial charge in [0.2, 0.25) is 0 Å². The summed E-state index contributed by atoms with van der Waals surface area (Å²) in [4.78, 5) is 2.70. The van der Waals surface area contributed by atoms with Crippen molar-refractivity contribution in [1.29, 1.82) is 0 Å². The number of benzene rings is 1. The van der Waals surface area contributed by atoms with Crippen molar-refractivity contribution in [1.82, 2.24) is 10.2 Å². The van der Waals surface area contributed by atoms with Crippen molar-refractivity contribution in [3.8, 4) is 0 Å². The average molecular weight is 288 g/mol. The van der Waals surface area contributed by atoms with E-state index in [4.69, 9.17) is 0 Å². The number of nitrogens with one attached hydrogen (secondary N) is 1. The minimum atomic E-state index is 0.315. The van der Waals surface area contributed by atoms with Gasteiger partial charge in [-0.15, -0.1) is 0 Å². The van der Waals surface area contributed by atoms with Crippen LogP contribution in [0.1, 0.15) is 58.1 Å². The van der Waals surface area contributed by atoms with Crippen LogP contribution in [-0.4, -0.2) is 29.6 Å². The molecule has 2 rings (SSSR count). The molecule has 1 atom stereocenters. The minimum absolute atomic E-state index is 0.315. The monoisotopic (exact) mass is 288 g/mol. The largest absolute Gasteiger partial charge is 0.308 e. The Morgan fingerprint density at radius 3 is 2.19 bits per heavy atom. The molecule has 0 amide bonds. The SMILES string of the molecule is CCc1ccc(CN2CC(CC)(CC)NCC2CC)cc1. The number of hydrogen-bond acceptors (Lipinski definition) is 2. The van der Waals surface area contributed by atoms with Gasteiger partial charge in [-0.3, -0.25) is 4.90 Å². The molecule has 2 nitrogen and oxygen atoms in total. The number of hydrogen-bond donors (Lipinski definition) is 1. The van der Waals surface area contributed by atoms with Gasteiger partial charge >= 0.3 is 0 Å². The molecule has 1 aliphatic heterocycles. The first-order valence-electron chi connectivity index (χ1n) is 8.73. The van der Waals surface area contributed by atoms with Crippen LogP contribution in [-0.2, 0) is 13.0 Å². The highest BCUT2D eigenvalue weighted by molar-refractivity contribution is 5.22. The Bertz CT molecular complexity index is 420. The molecule has 0 aromatic heterocycles. The summed E-state index contributed by atoms with van der Waals surface area (Å²) < 4.78 is 0. The van der Waals surface area contributed by atoms with Crippen LogP contribution < -0.4 is 5.32 Å². The minimum Gasteiger partial charge on any atom is -0.308 e. The Labute approximate surface area is 130 Å². The Hall–Kier alpha value is -0.860. The van der Waals surface area contributed by atoms with Gasteiger partial charge in [-0.1, -0.05) is 52.0 Å². The van der Waals surface area contributed by atoms with Crippen molar-refractivity contribution in [2.45, 2.75) is 71.5 Å². The van der Waals surface area contributed by atoms with Crippen molar-refractivity contribution in [3.63, 3.8) is 0 Å². The first-order chi connectivity index (χ1) is 10.2. The van der Waals surface area contributed by atoms with Gasteiger partial charge in [0, 0.05) is 31.2 Å². The van der Waals surface area contributed by atoms with E-state index in [2.05, 4.69) is 62.2 Å². The maximum Gasteiger partial charge on any atom is 0.0304 e. The first kappa shape index (κ1) is 16.5. The molecule has 0 aliphatic carbocycles. The van der Waals surface area contributed by atoms with E-state index in [9.17, 15) is 0 Å². The highest BCUT2D eigenvalue weighted by Crippen LogP contribution is 2.25. The lowest BCUT2D eigenvalue weighted by molar-refractivity contribution is 0.0643. The van der Waals surface area contributed by atoms with Crippen molar-refractivity contribution in [2.24, 2.45) is 0 Å². The van der Waals surface area contributed by atoms with Crippen molar-refractivity contribution >= 4 is 0 Å². The van der Waals surface area contributed by atoms with E-state index in [1.165, 1.54) is 36.9 Å². The third kappa shape index (κ3) is 3.87. The zero-order chi connectivity index (χ0) is 15.3. The van der Waals surface area contributed by atoms with E-state index in [0.717, 1.165) is 19.5 Å². The Kier molecular flexibility index (Phi) is 5.83. The van der Waals surface area contributed by atoms with Gasteiger partial charge in [0.1, 0.15) is 0 Å². The second kappa shape index (κ2) is 7.42. The molecular weight excluding hydrogens is 256 g/mol. The zero-order valence-electron chi connectivity index (χ0n) is 14.3. The quantitative estimate of drug-likeness (QED) is 0.851. The van der Waals surface area contributed by atoms with Gasteiger partial charge in [-0.25, -0.2) is 0 Å². The summed E-state index contributed by atoms with van der Waals surface area (Å²) in [6.07, 6.45) is 4.78. The van der Waals surface area contributed by atoms with E-state index in [-0.39, 0.29) is 0 Å². The fourth-order valence-corrected chi connectivity index (χ4v) is 3.46. The van der Waals surface area contributed by atoms with Gasteiger partial charge in [0.15, 0.2) is 0 Å². The summed E-state index contributed by atoms with van der Waals surface area (Å²) in [7, 11) is 0. The molecule has 0 bridgehead atoms. The van der Waals surface area contributed by atoms with Gasteiger partial charge in [0.25, 0.3) is 0 Å². The van der Waals surface area contributed by atoms with E-state index in [1.54, 1.807) is 0 Å². The average Bonchev–Trinajstić information content (AvgIpc) is 2.55. The second-order valence-corrected chi connectivity index (χ2v) is 6.51. The standard InChI is InChI=1S/C19H32N2/c1-5-16-9-11-17(12-10-16)14-21-15-19(7-3,8-4)20-13-18(21)6-2/h9-12,18,20H,5-8,13-15H2,1-4H3. The summed E-state index contributed by atoms with van der Waals surface area (Å²) in [5, 5.41) is 3.83. The highest BCUT2D eigenvalue weighted by Gasteiger charge is 2.35. The lowest BCUT2D eigenvalue weighted by atomic mass is 9.88. The molecule has 0 spiro atoms. The molecular formula is C19H32N2. The normalized spacial score (nSPS) is 22.4. The summed E-state index contributed by atoms with van der Waals surface area (Å²) >= 11 is 0. The van der Waals surface area contributed by atoms with Gasteiger partial charge < -0.3 is 5.32 Å². The topological polar surface area (TPSA) is 15.3 Å². The number of piperazine rings is 1. The predicted molar refractivity (Wildman–Crippen MR) is 91.6 cm³/mol. The van der Waals surface area contributed by atoms with E-state index in [0.29, 0.717) is 11.6 Å². The predicted octanol–water partition coefficient (Wildman–Crippen LogP) is 3.99. The third-order valence-corrected chi connectivity index (χ3v) is 5.38. The smallest absolute Gasteiger partial charge is 0.0304 e. The summed E-state index contributed by atoms with van der Waals surface area (Å²) in [6.45, 7) is 12.6. The lowest BCUT2D eigenvalue weighted by Gasteiger charge is -2.47. The van der Waals surface area contributed by atoms with Crippen LogP contribution in [0.5, 0.6) is 0 Å². The zero-order valence-corrected chi connectivity index (χ0v) is 14.3. The molecule has 1 heterocycles. The molecule has 2 heteroatoms.